The second-order valence-corrected chi connectivity index (χ2v) is 6.77. The normalized spacial score (nSPS) is 25.4. The molecule has 2 aliphatic rings. The number of nitrogens with zero attached hydrogens (tertiary/aromatic N) is 1. The van der Waals surface area contributed by atoms with Crippen molar-refractivity contribution in [2.24, 2.45) is 0 Å². The van der Waals surface area contributed by atoms with Crippen LogP contribution in [0.25, 0.3) is 0 Å². The minimum Gasteiger partial charge on any atom is -0.377 e. The van der Waals surface area contributed by atoms with Gasteiger partial charge in [0.15, 0.2) is 0 Å². The smallest absolute Gasteiger partial charge is 0.232 e. The highest BCUT2D eigenvalue weighted by atomic mass is 35.5. The minimum absolute atomic E-state index is 0. The molecule has 0 aromatic rings. The van der Waals surface area contributed by atoms with Gasteiger partial charge < -0.3 is 15.0 Å². The van der Waals surface area contributed by atoms with Gasteiger partial charge >= 0.3 is 0 Å². The molecular weight excluding hydrogens is 308 g/mol. The molecule has 4 nitrogen and oxygen atoms in total. The van der Waals surface area contributed by atoms with Gasteiger partial charge in [0.05, 0.1) is 11.9 Å². The molecule has 2 aliphatic heterocycles. The Hall–Kier alpha value is 0.0300. The predicted octanol–water partition coefficient (Wildman–Crippen LogP) is 2.31. The van der Waals surface area contributed by atoms with Crippen molar-refractivity contribution < 1.29 is 9.53 Å². The summed E-state index contributed by atoms with van der Waals surface area (Å²) in [6.45, 7) is 5.94. The lowest BCUT2D eigenvalue weighted by molar-refractivity contribution is -0.130. The first-order valence-corrected chi connectivity index (χ1v) is 9.16. The largest absolute Gasteiger partial charge is 0.377 e. The molecule has 2 rings (SSSR count). The molecule has 1 amide bonds. The van der Waals surface area contributed by atoms with E-state index in [9.17, 15) is 4.79 Å². The van der Waals surface area contributed by atoms with Crippen molar-refractivity contribution in [3.05, 3.63) is 0 Å². The fraction of sp³-hybridized carbons (Fsp3) is 0.933. The van der Waals surface area contributed by atoms with Gasteiger partial charge in [-0.1, -0.05) is 6.92 Å². The number of hydrogen-bond acceptors (Lipinski definition) is 4. The Kier molecular flexibility index (Phi) is 9.73. The maximum absolute atomic E-state index is 12.4. The van der Waals surface area contributed by atoms with E-state index in [1.165, 1.54) is 12.8 Å². The summed E-state index contributed by atoms with van der Waals surface area (Å²) < 4.78 is 5.71. The van der Waals surface area contributed by atoms with Crippen LogP contribution in [0.5, 0.6) is 0 Å². The number of rotatable bonds is 7. The molecule has 0 saturated carbocycles. The van der Waals surface area contributed by atoms with E-state index in [-0.39, 0.29) is 12.4 Å². The van der Waals surface area contributed by atoms with Gasteiger partial charge in [0.25, 0.3) is 0 Å². The topological polar surface area (TPSA) is 41.6 Å². The second kappa shape index (κ2) is 10.7. The van der Waals surface area contributed by atoms with E-state index >= 15 is 0 Å². The number of amides is 1. The average Bonchev–Trinajstić information content (AvgIpc) is 2.99. The van der Waals surface area contributed by atoms with Gasteiger partial charge in [-0.25, -0.2) is 0 Å². The third kappa shape index (κ3) is 6.35. The first-order chi connectivity index (χ1) is 9.81. The van der Waals surface area contributed by atoms with E-state index in [1.807, 2.05) is 0 Å². The Morgan fingerprint density at radius 1 is 1.38 bits per heavy atom. The first kappa shape index (κ1) is 19.1. The van der Waals surface area contributed by atoms with Gasteiger partial charge in [-0.2, -0.15) is 0 Å². The Bertz CT molecular complexity index is 295. The highest BCUT2D eigenvalue weighted by molar-refractivity contribution is 7.99. The Labute approximate surface area is 139 Å². The van der Waals surface area contributed by atoms with Crippen molar-refractivity contribution in [3.63, 3.8) is 0 Å². The summed E-state index contributed by atoms with van der Waals surface area (Å²) in [6.07, 6.45) is 6.13. The molecule has 0 aromatic carbocycles. The Morgan fingerprint density at radius 3 is 2.86 bits per heavy atom. The van der Waals surface area contributed by atoms with E-state index in [0.717, 1.165) is 51.3 Å². The summed E-state index contributed by atoms with van der Waals surface area (Å²) in [5.41, 5.74) is 0. The van der Waals surface area contributed by atoms with Crippen molar-refractivity contribution in [1.82, 2.24) is 10.2 Å². The molecule has 0 radical (unpaired) electrons. The molecule has 0 aromatic heterocycles. The Balaban J connectivity index is 0.00000220. The van der Waals surface area contributed by atoms with Crippen LogP contribution >= 0.6 is 24.2 Å². The molecule has 2 heterocycles. The average molecular weight is 337 g/mol. The number of hydrogen-bond donors (Lipinski definition) is 1. The van der Waals surface area contributed by atoms with Crippen LogP contribution in [0.15, 0.2) is 0 Å². The van der Waals surface area contributed by atoms with Crippen molar-refractivity contribution in [2.75, 3.05) is 37.7 Å². The quantitative estimate of drug-likeness (QED) is 0.774. The maximum atomic E-state index is 12.4. The molecule has 2 saturated heterocycles. The van der Waals surface area contributed by atoms with E-state index in [1.54, 1.807) is 11.8 Å². The first-order valence-electron chi connectivity index (χ1n) is 8.00. The summed E-state index contributed by atoms with van der Waals surface area (Å²) >= 11 is 1.74. The highest BCUT2D eigenvalue weighted by Crippen LogP contribution is 2.18. The van der Waals surface area contributed by atoms with Crippen LogP contribution in [0.2, 0.25) is 0 Å². The predicted molar refractivity (Wildman–Crippen MR) is 91.4 cm³/mol. The van der Waals surface area contributed by atoms with E-state index in [2.05, 4.69) is 17.1 Å². The zero-order valence-electron chi connectivity index (χ0n) is 13.0. The molecule has 0 aliphatic carbocycles. The van der Waals surface area contributed by atoms with E-state index in [0.29, 0.717) is 23.8 Å². The fourth-order valence-electron chi connectivity index (χ4n) is 2.96. The zero-order chi connectivity index (χ0) is 14.2. The fourth-order valence-corrected chi connectivity index (χ4v) is 3.94. The molecule has 6 heteroatoms. The van der Waals surface area contributed by atoms with E-state index in [4.69, 9.17) is 4.74 Å². The zero-order valence-corrected chi connectivity index (χ0v) is 14.6. The van der Waals surface area contributed by atoms with Crippen LogP contribution in [-0.4, -0.2) is 60.7 Å². The van der Waals surface area contributed by atoms with Crippen LogP contribution in [0.3, 0.4) is 0 Å². The summed E-state index contributed by atoms with van der Waals surface area (Å²) in [5, 5.41) is 3.35. The van der Waals surface area contributed by atoms with Crippen molar-refractivity contribution in [2.45, 2.75) is 51.2 Å². The lowest BCUT2D eigenvalue weighted by atomic mass is 10.1. The number of nitrogens with one attached hydrogen (secondary N) is 1. The Morgan fingerprint density at radius 2 is 2.24 bits per heavy atom. The van der Waals surface area contributed by atoms with Gasteiger partial charge in [0.1, 0.15) is 0 Å². The lowest BCUT2D eigenvalue weighted by Crippen LogP contribution is -2.43. The van der Waals surface area contributed by atoms with Gasteiger partial charge in [-0.05, 0) is 38.6 Å². The number of carbonyl (C=O) groups is 1. The summed E-state index contributed by atoms with van der Waals surface area (Å²) in [4.78, 5) is 14.5. The van der Waals surface area contributed by atoms with E-state index < -0.39 is 0 Å². The molecule has 2 atom stereocenters. The summed E-state index contributed by atoms with van der Waals surface area (Å²) in [6, 6.07) is 0.411. The molecule has 0 bridgehead atoms. The summed E-state index contributed by atoms with van der Waals surface area (Å²) in [5.74, 6) is 1.88. The van der Waals surface area contributed by atoms with Gasteiger partial charge in [0, 0.05) is 31.5 Å². The van der Waals surface area contributed by atoms with Gasteiger partial charge in [0.2, 0.25) is 5.91 Å². The molecular formula is C15H29ClN2O2S. The van der Waals surface area contributed by atoms with Crippen molar-refractivity contribution in [3.8, 4) is 0 Å². The highest BCUT2D eigenvalue weighted by Gasteiger charge is 2.25. The number of carbonyl (C=O) groups excluding carboxylic acids is 1. The van der Waals surface area contributed by atoms with Gasteiger partial charge in [-0.3, -0.25) is 4.79 Å². The standard InChI is InChI=1S/C15H28N2O2S.ClH/c1-2-8-17(13-6-7-16-10-13)15(18)12-20-11-14-5-3-4-9-19-14;/h13-14,16H,2-12H2,1H3;1H. The monoisotopic (exact) mass is 336 g/mol. The SMILES string of the molecule is CCCN(C(=O)CSCC1CCCCO1)C1CCNC1.Cl. The number of halogens is 1. The molecule has 1 N–H and O–H groups in total. The molecule has 2 fully saturated rings. The summed E-state index contributed by atoms with van der Waals surface area (Å²) in [7, 11) is 0. The maximum Gasteiger partial charge on any atom is 0.232 e. The molecule has 0 spiro atoms. The van der Waals surface area contributed by atoms with Crippen molar-refractivity contribution in [1.29, 1.82) is 0 Å². The third-order valence-corrected chi connectivity index (χ3v) is 5.12. The number of thioether (sulfide) groups is 1. The molecule has 21 heavy (non-hydrogen) atoms. The lowest BCUT2D eigenvalue weighted by Gasteiger charge is -2.28. The van der Waals surface area contributed by atoms with Crippen LogP contribution in [0, 0.1) is 0 Å². The second-order valence-electron chi connectivity index (χ2n) is 5.74. The number of ether oxygens (including phenoxy) is 1. The van der Waals surface area contributed by atoms with Crippen LogP contribution in [0.1, 0.15) is 39.0 Å². The molecule has 2 unspecified atom stereocenters. The minimum atomic E-state index is 0. The van der Waals surface area contributed by atoms with Gasteiger partial charge in [-0.15, -0.1) is 24.2 Å². The van der Waals surface area contributed by atoms with Crippen LogP contribution < -0.4 is 5.32 Å². The third-order valence-electron chi connectivity index (χ3n) is 4.06. The van der Waals surface area contributed by atoms with Crippen LogP contribution in [-0.2, 0) is 9.53 Å². The van der Waals surface area contributed by atoms with Crippen LogP contribution in [0.4, 0.5) is 0 Å². The van der Waals surface area contributed by atoms with Crippen molar-refractivity contribution >= 4 is 30.1 Å². The molecule has 124 valence electrons.